The lowest BCUT2D eigenvalue weighted by atomic mass is 9.44. The third-order valence-electron chi connectivity index (χ3n) is 9.58. The fourth-order valence-electron chi connectivity index (χ4n) is 8.30. The van der Waals surface area contributed by atoms with Crippen LogP contribution in [0.25, 0.3) is 0 Å². The van der Waals surface area contributed by atoms with Crippen LogP contribution >= 0.6 is 0 Å². The Morgan fingerprint density at radius 2 is 1.85 bits per heavy atom. The van der Waals surface area contributed by atoms with E-state index in [0.717, 1.165) is 43.4 Å². The highest BCUT2D eigenvalue weighted by atomic mass is 16.3. The zero-order valence-electron chi connectivity index (χ0n) is 17.3. The molecule has 2 nitrogen and oxygen atoms in total. The van der Waals surface area contributed by atoms with E-state index >= 15 is 0 Å². The summed E-state index contributed by atoms with van der Waals surface area (Å²) in [6, 6.07) is 0. The van der Waals surface area contributed by atoms with Gasteiger partial charge in [-0.25, -0.2) is 0 Å². The summed E-state index contributed by atoms with van der Waals surface area (Å²) in [5, 5.41) is 11.0. The van der Waals surface area contributed by atoms with Crippen molar-refractivity contribution in [1.82, 2.24) is 0 Å². The molecule has 1 N–H and O–H groups in total. The van der Waals surface area contributed by atoms with Crippen LogP contribution < -0.4 is 0 Å². The molecule has 0 spiro atoms. The Labute approximate surface area is 159 Å². The van der Waals surface area contributed by atoms with Crippen LogP contribution in [0.4, 0.5) is 0 Å². The monoisotopic (exact) mass is 358 g/mol. The molecule has 8 atom stereocenters. The molecule has 7 unspecified atom stereocenters. The summed E-state index contributed by atoms with van der Waals surface area (Å²) in [6.45, 7) is 9.58. The molecule has 0 saturated heterocycles. The van der Waals surface area contributed by atoms with Crippen LogP contribution in [0.5, 0.6) is 0 Å². The molecule has 0 radical (unpaired) electrons. The number of aliphatic hydroxyl groups is 1. The fourth-order valence-corrected chi connectivity index (χ4v) is 8.30. The third-order valence-corrected chi connectivity index (χ3v) is 9.58. The molecule has 4 saturated carbocycles. The van der Waals surface area contributed by atoms with Gasteiger partial charge in [0.1, 0.15) is 5.78 Å². The van der Waals surface area contributed by atoms with Gasteiger partial charge in [-0.3, -0.25) is 4.79 Å². The van der Waals surface area contributed by atoms with Crippen LogP contribution in [-0.4, -0.2) is 17.0 Å². The van der Waals surface area contributed by atoms with Crippen molar-refractivity contribution in [2.24, 2.45) is 40.4 Å². The van der Waals surface area contributed by atoms with E-state index in [1.165, 1.54) is 25.7 Å². The van der Waals surface area contributed by atoms with E-state index in [9.17, 15) is 9.90 Å². The van der Waals surface area contributed by atoms with Gasteiger partial charge in [0.05, 0.1) is 6.10 Å². The number of aliphatic hydroxyl groups excluding tert-OH is 1. The maximum atomic E-state index is 12.1. The van der Waals surface area contributed by atoms with E-state index in [1.807, 2.05) is 0 Å². The van der Waals surface area contributed by atoms with Gasteiger partial charge in [-0.2, -0.15) is 0 Å². The highest BCUT2D eigenvalue weighted by molar-refractivity contribution is 5.79. The first-order valence-electron chi connectivity index (χ1n) is 11.2. The summed E-state index contributed by atoms with van der Waals surface area (Å²) < 4.78 is 0. The summed E-state index contributed by atoms with van der Waals surface area (Å²) in [4.78, 5) is 12.1. The minimum absolute atomic E-state index is 0.184. The van der Waals surface area contributed by atoms with E-state index < -0.39 is 0 Å². The van der Waals surface area contributed by atoms with Gasteiger partial charge < -0.3 is 5.11 Å². The van der Waals surface area contributed by atoms with E-state index in [0.29, 0.717) is 23.5 Å². The van der Waals surface area contributed by atoms with Gasteiger partial charge in [-0.1, -0.05) is 32.4 Å². The zero-order valence-corrected chi connectivity index (χ0v) is 17.3. The van der Waals surface area contributed by atoms with Crippen LogP contribution in [0.1, 0.15) is 85.5 Å². The number of carbonyl (C=O) groups is 1. The van der Waals surface area contributed by atoms with Crippen molar-refractivity contribution in [3.8, 4) is 0 Å². The molecule has 4 rings (SSSR count). The van der Waals surface area contributed by atoms with Crippen molar-refractivity contribution in [3.63, 3.8) is 0 Å². The first-order valence-corrected chi connectivity index (χ1v) is 11.2. The average molecular weight is 359 g/mol. The number of ketones is 1. The summed E-state index contributed by atoms with van der Waals surface area (Å²) >= 11 is 0. The molecule has 0 amide bonds. The first kappa shape index (κ1) is 18.7. The van der Waals surface area contributed by atoms with Crippen molar-refractivity contribution in [1.29, 1.82) is 0 Å². The maximum absolute atomic E-state index is 12.1. The molecule has 0 aromatic rings. The Balaban J connectivity index is 1.64. The molecule has 4 fully saturated rings. The Kier molecular flexibility index (Phi) is 4.66. The minimum Gasteiger partial charge on any atom is -0.393 e. The third kappa shape index (κ3) is 2.58. The first-order chi connectivity index (χ1) is 12.3. The number of hydrogen-bond donors (Lipinski definition) is 1. The molecule has 2 heteroatoms. The fraction of sp³-hybridized carbons (Fsp3) is 0.875. The number of fused-ring (bicyclic) bond motifs is 5. The Bertz CT molecular complexity index is 607. The van der Waals surface area contributed by atoms with Gasteiger partial charge in [0.15, 0.2) is 0 Å². The second kappa shape index (κ2) is 6.47. The van der Waals surface area contributed by atoms with Crippen molar-refractivity contribution in [2.75, 3.05) is 0 Å². The summed E-state index contributed by atoms with van der Waals surface area (Å²) in [7, 11) is 0. The summed E-state index contributed by atoms with van der Waals surface area (Å²) in [5.74, 6) is 3.48. The number of allylic oxidation sites excluding steroid dienone is 2. The summed E-state index contributed by atoms with van der Waals surface area (Å²) in [5.41, 5.74) is 2.22. The Morgan fingerprint density at radius 1 is 1.12 bits per heavy atom. The number of Topliss-reactive ketones (excluding diaryl/α,β-unsaturated/α-hetero) is 1. The number of rotatable bonds is 2. The molecule has 146 valence electrons. The molecular formula is C24H38O2. The SMILES string of the molecule is CC/C=C(\C)[C@H]1CCC2C3CC(O)C4CC(=O)CCC4(C)C3CCC21C. The standard InChI is InChI=1S/C24H38O2/c1-5-6-15(2)18-7-8-19-17-14-22(26)21-13-16(25)9-11-24(21,4)20(17)10-12-23(18,19)3/h6,17-22,26H,5,7-14H2,1-4H3/b15-6+/t17?,18-,19?,20?,21?,22?,23?,24?/m1/s1. The molecule has 4 aliphatic carbocycles. The molecule has 0 aromatic carbocycles. The second-order valence-electron chi connectivity index (χ2n) is 10.6. The molecule has 26 heavy (non-hydrogen) atoms. The predicted molar refractivity (Wildman–Crippen MR) is 106 cm³/mol. The molecule has 0 bridgehead atoms. The molecule has 4 aliphatic rings. The quantitative estimate of drug-likeness (QED) is 0.658. The highest BCUT2D eigenvalue weighted by Crippen LogP contribution is 2.68. The predicted octanol–water partition coefficient (Wildman–Crippen LogP) is 5.54. The molecular weight excluding hydrogens is 320 g/mol. The smallest absolute Gasteiger partial charge is 0.133 e. The van der Waals surface area contributed by atoms with E-state index in [-0.39, 0.29) is 17.4 Å². The van der Waals surface area contributed by atoms with E-state index in [1.54, 1.807) is 5.57 Å². The minimum atomic E-state index is -0.265. The topological polar surface area (TPSA) is 37.3 Å². The van der Waals surface area contributed by atoms with Gasteiger partial charge in [-0.15, -0.1) is 0 Å². The van der Waals surface area contributed by atoms with Gasteiger partial charge in [-0.05, 0) is 92.3 Å². The maximum Gasteiger partial charge on any atom is 0.133 e. The van der Waals surface area contributed by atoms with Crippen molar-refractivity contribution >= 4 is 5.78 Å². The number of hydrogen-bond acceptors (Lipinski definition) is 2. The van der Waals surface area contributed by atoms with Crippen LogP contribution in [-0.2, 0) is 4.79 Å². The molecule has 0 heterocycles. The zero-order chi connectivity index (χ0) is 18.7. The van der Waals surface area contributed by atoms with Gasteiger partial charge in [0.2, 0.25) is 0 Å². The van der Waals surface area contributed by atoms with Crippen LogP contribution in [0, 0.1) is 40.4 Å². The highest BCUT2D eigenvalue weighted by Gasteiger charge is 2.62. The van der Waals surface area contributed by atoms with Crippen molar-refractivity contribution in [2.45, 2.75) is 91.6 Å². The van der Waals surface area contributed by atoms with Crippen molar-refractivity contribution < 1.29 is 9.90 Å². The van der Waals surface area contributed by atoms with E-state index in [2.05, 4.69) is 33.8 Å². The van der Waals surface area contributed by atoms with E-state index in [4.69, 9.17) is 0 Å². The lowest BCUT2D eigenvalue weighted by molar-refractivity contribution is -0.164. The summed E-state index contributed by atoms with van der Waals surface area (Å²) in [6.07, 6.45) is 12.0. The van der Waals surface area contributed by atoms with Crippen molar-refractivity contribution in [3.05, 3.63) is 11.6 Å². The lowest BCUT2D eigenvalue weighted by Crippen LogP contribution is -2.57. The van der Waals surface area contributed by atoms with Crippen LogP contribution in [0.15, 0.2) is 11.6 Å². The lowest BCUT2D eigenvalue weighted by Gasteiger charge is -2.61. The average Bonchev–Trinajstić information content (AvgIpc) is 2.94. The second-order valence-corrected chi connectivity index (χ2v) is 10.6. The van der Waals surface area contributed by atoms with Gasteiger partial charge in [0, 0.05) is 12.8 Å². The van der Waals surface area contributed by atoms with Crippen LogP contribution in [0.2, 0.25) is 0 Å². The van der Waals surface area contributed by atoms with Crippen LogP contribution in [0.3, 0.4) is 0 Å². The Hall–Kier alpha value is -0.630. The Morgan fingerprint density at radius 3 is 2.58 bits per heavy atom. The van der Waals surface area contributed by atoms with Gasteiger partial charge >= 0.3 is 0 Å². The normalized spacial score (nSPS) is 51.6. The molecule has 0 aromatic heterocycles. The van der Waals surface area contributed by atoms with Gasteiger partial charge in [0.25, 0.3) is 0 Å². The molecule has 0 aliphatic heterocycles. The number of carbonyl (C=O) groups excluding carboxylic acids is 1. The largest absolute Gasteiger partial charge is 0.393 e.